The minimum atomic E-state index is -1.60. The molecular formula is C23H35N4O8P. The Bertz CT molecular complexity index is 1040. The lowest BCUT2D eigenvalue weighted by Crippen LogP contribution is -2.37. The van der Waals surface area contributed by atoms with Gasteiger partial charge in [0.2, 0.25) is 0 Å². The zero-order valence-corrected chi connectivity index (χ0v) is 22.2. The van der Waals surface area contributed by atoms with Gasteiger partial charge in [-0.2, -0.15) is 5.26 Å². The summed E-state index contributed by atoms with van der Waals surface area (Å²) >= 11 is 0. The summed E-state index contributed by atoms with van der Waals surface area (Å²) in [6.45, 7) is 9.75. The van der Waals surface area contributed by atoms with E-state index in [9.17, 15) is 14.4 Å². The molecule has 13 heteroatoms. The van der Waals surface area contributed by atoms with Crippen LogP contribution in [0.4, 0.5) is 4.79 Å². The maximum absolute atomic E-state index is 12.5. The molecule has 2 aliphatic rings. The minimum absolute atomic E-state index is 0.0870. The maximum Gasteiger partial charge on any atom is 0.508 e. The predicted molar refractivity (Wildman–Crippen MR) is 130 cm³/mol. The summed E-state index contributed by atoms with van der Waals surface area (Å²) in [6, 6.07) is 2.24. The van der Waals surface area contributed by atoms with E-state index in [0.717, 1.165) is 12.8 Å². The first-order valence-electron chi connectivity index (χ1n) is 12.2. The van der Waals surface area contributed by atoms with Crippen LogP contribution in [0.1, 0.15) is 65.2 Å². The smallest absolute Gasteiger partial charge is 0.431 e. The fourth-order valence-electron chi connectivity index (χ4n) is 3.85. The number of aromatic amines is 1. The number of aryl methyl sites for hydroxylation is 1. The molecule has 1 aliphatic heterocycles. The zero-order valence-electron chi connectivity index (χ0n) is 21.3. The van der Waals surface area contributed by atoms with Crippen molar-refractivity contribution in [3.63, 3.8) is 0 Å². The van der Waals surface area contributed by atoms with E-state index in [2.05, 4.69) is 15.7 Å². The maximum atomic E-state index is 12.5. The van der Waals surface area contributed by atoms with E-state index in [0.29, 0.717) is 5.56 Å². The Labute approximate surface area is 211 Å². The average Bonchev–Trinajstić information content (AvgIpc) is 3.52. The summed E-state index contributed by atoms with van der Waals surface area (Å²) in [5.41, 5.74) is -0.720. The summed E-state index contributed by atoms with van der Waals surface area (Å²) in [5, 5.41) is 8.96. The highest BCUT2D eigenvalue weighted by molar-refractivity contribution is 7.44. The Balaban J connectivity index is 1.82. The Morgan fingerprint density at radius 3 is 2.61 bits per heavy atom. The van der Waals surface area contributed by atoms with E-state index in [1.807, 2.05) is 27.7 Å². The van der Waals surface area contributed by atoms with Crippen molar-refractivity contribution in [3.8, 4) is 6.07 Å². The second kappa shape index (κ2) is 12.8. The van der Waals surface area contributed by atoms with Crippen molar-refractivity contribution in [2.75, 3.05) is 13.2 Å². The molecule has 1 saturated carbocycles. The van der Waals surface area contributed by atoms with Gasteiger partial charge in [-0.05, 0) is 47.5 Å². The average molecular weight is 527 g/mol. The molecule has 2 heterocycles. The summed E-state index contributed by atoms with van der Waals surface area (Å²) in [6.07, 6.45) is 0.591. The van der Waals surface area contributed by atoms with Gasteiger partial charge >= 0.3 is 11.8 Å². The van der Waals surface area contributed by atoms with Gasteiger partial charge in [0.1, 0.15) is 25.0 Å². The molecule has 0 bridgehead atoms. The van der Waals surface area contributed by atoms with Gasteiger partial charge in [-0.3, -0.25) is 14.3 Å². The molecule has 200 valence electrons. The molecule has 2 fully saturated rings. The first-order chi connectivity index (χ1) is 17.1. The van der Waals surface area contributed by atoms with Crippen LogP contribution >= 0.6 is 8.53 Å². The highest BCUT2D eigenvalue weighted by atomic mass is 31.2. The van der Waals surface area contributed by atoms with Crippen LogP contribution in [0.15, 0.2) is 15.8 Å². The topological polar surface area (TPSA) is 145 Å². The van der Waals surface area contributed by atoms with Crippen LogP contribution in [-0.4, -0.2) is 64.0 Å². The number of nitrogens with zero attached hydrogens (tertiary/aromatic N) is 3. The molecule has 1 aromatic heterocycles. The van der Waals surface area contributed by atoms with Crippen LogP contribution < -0.4 is 11.2 Å². The molecule has 0 amide bonds. The number of carbonyl (C=O) groups is 1. The first-order valence-corrected chi connectivity index (χ1v) is 13.3. The second-order valence-corrected chi connectivity index (χ2v) is 10.8. The zero-order chi connectivity index (χ0) is 26.4. The molecule has 0 radical (unpaired) electrons. The number of nitriles is 1. The Morgan fingerprint density at radius 2 is 2.00 bits per heavy atom. The summed E-state index contributed by atoms with van der Waals surface area (Å²) in [4.78, 5) is 38.6. The van der Waals surface area contributed by atoms with Crippen molar-refractivity contribution in [2.45, 2.75) is 96.9 Å². The lowest BCUT2D eigenvalue weighted by atomic mass is 10.2. The Morgan fingerprint density at radius 1 is 1.31 bits per heavy atom. The highest BCUT2D eigenvalue weighted by Crippen LogP contribution is 2.49. The van der Waals surface area contributed by atoms with E-state index >= 15 is 0 Å². The van der Waals surface area contributed by atoms with Crippen LogP contribution in [0.25, 0.3) is 0 Å². The number of aromatic nitrogens is 2. The molecular weight excluding hydrogens is 491 g/mol. The van der Waals surface area contributed by atoms with Gasteiger partial charge in [-0.25, -0.2) is 14.3 Å². The van der Waals surface area contributed by atoms with Crippen molar-refractivity contribution in [1.29, 1.82) is 5.26 Å². The molecule has 1 unspecified atom stereocenters. The molecule has 1 N–H and O–H groups in total. The standard InChI is InChI=1S/C23H35N4O8P/c1-14(2)27(15(3)4)36(32-10-6-9-24)35-18-11-20(26-12-16(5)21(28)25-22(26)29)34-19(18)13-31-23(30)33-17-7-8-17/h12,14-15,17-20H,6-8,10-11,13H2,1-5H3,(H,25,28,29)/t18-,19+,20+,36?/m0/s1. The quantitative estimate of drug-likeness (QED) is 0.245. The third-order valence-corrected chi connectivity index (χ3v) is 7.83. The van der Waals surface area contributed by atoms with Gasteiger partial charge < -0.3 is 23.3 Å². The second-order valence-electron chi connectivity index (χ2n) is 9.41. The van der Waals surface area contributed by atoms with Crippen LogP contribution in [0.2, 0.25) is 0 Å². The monoisotopic (exact) mass is 526 g/mol. The van der Waals surface area contributed by atoms with Crippen LogP contribution in [0.3, 0.4) is 0 Å². The van der Waals surface area contributed by atoms with E-state index in [-0.39, 0.29) is 44.2 Å². The Hall–Kier alpha value is -2.29. The van der Waals surface area contributed by atoms with Gasteiger partial charge in [-0.15, -0.1) is 0 Å². The van der Waals surface area contributed by atoms with Crippen molar-refractivity contribution in [2.24, 2.45) is 0 Å². The van der Waals surface area contributed by atoms with Crippen molar-refractivity contribution < 1.29 is 28.1 Å². The summed E-state index contributed by atoms with van der Waals surface area (Å²) < 4.78 is 32.4. The van der Waals surface area contributed by atoms with Crippen LogP contribution in [-0.2, 0) is 23.3 Å². The molecule has 1 aromatic rings. The molecule has 3 rings (SSSR count). The molecule has 36 heavy (non-hydrogen) atoms. The van der Waals surface area contributed by atoms with Gasteiger partial charge in [0.15, 0.2) is 0 Å². The Kier molecular flexibility index (Phi) is 10.0. The van der Waals surface area contributed by atoms with Crippen molar-refractivity contribution >= 4 is 14.7 Å². The van der Waals surface area contributed by atoms with Crippen molar-refractivity contribution in [1.82, 2.24) is 14.2 Å². The molecule has 1 aliphatic carbocycles. The molecule has 0 aromatic carbocycles. The number of ether oxygens (including phenoxy) is 3. The van der Waals surface area contributed by atoms with E-state index in [1.165, 1.54) is 10.8 Å². The van der Waals surface area contributed by atoms with Crippen LogP contribution in [0.5, 0.6) is 0 Å². The van der Waals surface area contributed by atoms with Gasteiger partial charge in [0.25, 0.3) is 14.1 Å². The molecule has 4 atom stereocenters. The van der Waals surface area contributed by atoms with Gasteiger partial charge in [-0.1, -0.05) is 0 Å². The fraction of sp³-hybridized carbons (Fsp3) is 0.739. The van der Waals surface area contributed by atoms with E-state index in [1.54, 1.807) is 6.92 Å². The highest BCUT2D eigenvalue weighted by Gasteiger charge is 2.42. The molecule has 12 nitrogen and oxygen atoms in total. The fourth-order valence-corrected chi connectivity index (χ4v) is 5.61. The summed E-state index contributed by atoms with van der Waals surface area (Å²) in [7, 11) is -1.60. The number of hydrogen-bond acceptors (Lipinski definition) is 10. The molecule has 1 saturated heterocycles. The lowest BCUT2D eigenvalue weighted by molar-refractivity contribution is -0.0576. The largest absolute Gasteiger partial charge is 0.508 e. The van der Waals surface area contributed by atoms with Gasteiger partial charge in [0.05, 0.1) is 25.2 Å². The summed E-state index contributed by atoms with van der Waals surface area (Å²) in [5.74, 6) is 0. The molecule has 0 spiro atoms. The third-order valence-electron chi connectivity index (χ3n) is 5.68. The third kappa shape index (κ3) is 7.60. The first kappa shape index (κ1) is 28.3. The number of hydrogen-bond donors (Lipinski definition) is 1. The lowest BCUT2D eigenvalue weighted by Gasteiger charge is -2.37. The van der Waals surface area contributed by atoms with E-state index in [4.69, 9.17) is 28.5 Å². The predicted octanol–water partition coefficient (Wildman–Crippen LogP) is 3.11. The van der Waals surface area contributed by atoms with E-state index < -0.39 is 44.4 Å². The number of carbonyl (C=O) groups excluding carboxylic acids is 1. The van der Waals surface area contributed by atoms with Crippen molar-refractivity contribution in [3.05, 3.63) is 32.6 Å². The number of nitrogens with one attached hydrogen (secondary N) is 1. The normalized spacial score (nSPS) is 22.7. The van der Waals surface area contributed by atoms with Gasteiger partial charge in [0, 0.05) is 30.3 Å². The SMILES string of the molecule is Cc1cn([C@H]2C[C@H](OP(OCCC#N)N(C(C)C)C(C)C)[C@@H](COC(=O)OC3CC3)O2)c(=O)[nH]c1=O. The number of rotatable bonds is 12. The number of H-pyrrole nitrogens is 1. The van der Waals surface area contributed by atoms with Crippen LogP contribution in [0, 0.1) is 18.3 Å². The minimum Gasteiger partial charge on any atom is -0.431 e.